The summed E-state index contributed by atoms with van der Waals surface area (Å²) in [6.07, 6.45) is 7.05. The van der Waals surface area contributed by atoms with E-state index in [-0.39, 0.29) is 42.9 Å². The molecule has 3 aromatic rings. The lowest BCUT2D eigenvalue weighted by Gasteiger charge is -2.29. The number of nitrogens with one attached hydrogen (secondary N) is 3. The number of fused-ring (bicyclic) bond motifs is 3. The van der Waals surface area contributed by atoms with Crippen molar-refractivity contribution < 1.29 is 41.2 Å². The van der Waals surface area contributed by atoms with Crippen molar-refractivity contribution in [2.75, 3.05) is 6.54 Å². The number of hydrogen-bond acceptors (Lipinski definition) is 11. The van der Waals surface area contributed by atoms with Crippen molar-refractivity contribution in [2.24, 2.45) is 5.92 Å². The van der Waals surface area contributed by atoms with Crippen LogP contribution in [0.15, 0.2) is 40.9 Å². The molecule has 3 N–H and O–H groups in total. The molecule has 1 saturated heterocycles. The molecule has 4 amide bonds. The molecule has 0 unspecified atom stereocenters. The molecule has 52 heavy (non-hydrogen) atoms. The van der Waals surface area contributed by atoms with Gasteiger partial charge in [0, 0.05) is 24.5 Å². The van der Waals surface area contributed by atoms with Crippen LogP contribution in [0, 0.1) is 25.6 Å². The van der Waals surface area contributed by atoms with Gasteiger partial charge >= 0.3 is 0 Å². The van der Waals surface area contributed by atoms with Crippen LogP contribution >= 0.6 is 0 Å². The van der Waals surface area contributed by atoms with Gasteiger partial charge in [-0.05, 0) is 64.5 Å². The van der Waals surface area contributed by atoms with Crippen LogP contribution in [0.3, 0.4) is 0 Å². The highest BCUT2D eigenvalue weighted by Crippen LogP contribution is 2.46. The first-order valence-electron chi connectivity index (χ1n) is 17.5. The Kier molecular flexibility index (Phi) is 9.48. The number of ether oxygens (including phenoxy) is 1. The minimum atomic E-state index is -3.91. The van der Waals surface area contributed by atoms with Gasteiger partial charge < -0.3 is 24.8 Å². The van der Waals surface area contributed by atoms with E-state index in [2.05, 4.69) is 30.5 Å². The topological polar surface area (TPSA) is 203 Å². The standard InChI is InChI=1S/C35H40FN7O8S/c1-19-14-28(41-51-19)30(44)38-26-9-7-5-3-4-6-8-21-17-35(21,34(47)42-52(48,49)24-11-12-24)40-31(45)29-16-23(18-43(29)33(26)46)50-32-20(2)37-25-13-10-22(36)15-27(25)39-32/h6,8,10,13-15,21,23-24,26,29H,3-5,7,9,11-12,16-18H2,1-2H3,(H,38,44)(H,40,45)(H,42,47)/b8-6-/t21-,23-,26+,29+,35-/m1/s1. The largest absolute Gasteiger partial charge is 0.471 e. The van der Waals surface area contributed by atoms with Crippen molar-refractivity contribution in [2.45, 2.75) is 101 Å². The molecule has 1 aromatic carbocycles. The maximum atomic E-state index is 14.4. The molecule has 5 atom stereocenters. The number of amides is 4. The summed E-state index contributed by atoms with van der Waals surface area (Å²) in [5.41, 5.74) is -0.408. The lowest BCUT2D eigenvalue weighted by Crippen LogP contribution is -2.58. The predicted molar refractivity (Wildman–Crippen MR) is 183 cm³/mol. The number of nitrogens with zero attached hydrogens (tertiary/aromatic N) is 4. The maximum absolute atomic E-state index is 14.4. The van der Waals surface area contributed by atoms with Gasteiger partial charge in [0.2, 0.25) is 27.7 Å². The Morgan fingerprint density at radius 1 is 1.08 bits per heavy atom. The molecule has 0 spiro atoms. The fourth-order valence-corrected chi connectivity index (χ4v) is 8.29. The molecular weight excluding hydrogens is 697 g/mol. The maximum Gasteiger partial charge on any atom is 0.274 e. The zero-order valence-corrected chi connectivity index (χ0v) is 29.6. The van der Waals surface area contributed by atoms with Gasteiger partial charge in [0.25, 0.3) is 11.8 Å². The molecule has 0 bridgehead atoms. The van der Waals surface area contributed by atoms with Gasteiger partial charge in [-0.1, -0.05) is 30.2 Å². The molecule has 3 fully saturated rings. The second kappa shape index (κ2) is 13.9. The molecule has 2 aromatic heterocycles. The molecule has 4 heterocycles. The minimum absolute atomic E-state index is 0.000997. The summed E-state index contributed by atoms with van der Waals surface area (Å²) in [4.78, 5) is 65.8. The average Bonchev–Trinajstić information content (AvgIpc) is 3.98. The number of halogens is 1. The zero-order chi connectivity index (χ0) is 36.8. The summed E-state index contributed by atoms with van der Waals surface area (Å²) in [6.45, 7) is 3.22. The predicted octanol–water partition coefficient (Wildman–Crippen LogP) is 2.52. The molecule has 2 aliphatic heterocycles. The quantitative estimate of drug-likeness (QED) is 0.301. The van der Waals surface area contributed by atoms with Crippen LogP contribution in [-0.2, 0) is 24.4 Å². The first-order valence-corrected chi connectivity index (χ1v) is 19.1. The second-order valence-electron chi connectivity index (χ2n) is 14.1. The van der Waals surface area contributed by atoms with Crippen LogP contribution in [0.2, 0.25) is 0 Å². The molecule has 2 aliphatic carbocycles. The van der Waals surface area contributed by atoms with Crippen LogP contribution in [0.4, 0.5) is 4.39 Å². The van der Waals surface area contributed by atoms with Crippen LogP contribution in [0.5, 0.6) is 5.88 Å². The zero-order valence-electron chi connectivity index (χ0n) is 28.8. The summed E-state index contributed by atoms with van der Waals surface area (Å²) >= 11 is 0. The SMILES string of the molecule is Cc1cc(C(=O)N[C@H]2CCCCC/C=C\[C@@H]3C[C@@]3(C(=O)NS(=O)(=O)C3CC3)NC(=O)[C@@H]3C[C@@H](Oc4nc5cc(F)ccc5nc4C)CN3C2=O)no1. The fraction of sp³-hybridized carbons (Fsp3) is 0.514. The van der Waals surface area contributed by atoms with E-state index >= 15 is 0 Å². The summed E-state index contributed by atoms with van der Waals surface area (Å²) in [5, 5.41) is 8.72. The first-order chi connectivity index (χ1) is 24.8. The Balaban J connectivity index is 1.19. The van der Waals surface area contributed by atoms with Gasteiger partial charge in [-0.15, -0.1) is 0 Å². The molecule has 17 heteroatoms. The van der Waals surface area contributed by atoms with Crippen LogP contribution in [-0.4, -0.2) is 87.6 Å². The van der Waals surface area contributed by atoms with E-state index < -0.39 is 74.4 Å². The number of allylic oxidation sites excluding steroid dienone is 1. The normalized spacial score (nSPS) is 27.4. The third-order valence-electron chi connectivity index (χ3n) is 10.0. The van der Waals surface area contributed by atoms with Gasteiger partial charge in [-0.3, -0.25) is 23.9 Å². The van der Waals surface area contributed by atoms with Crippen LogP contribution < -0.4 is 20.1 Å². The lowest BCUT2D eigenvalue weighted by molar-refractivity contribution is -0.141. The number of rotatable bonds is 7. The van der Waals surface area contributed by atoms with E-state index in [0.717, 1.165) is 12.8 Å². The highest BCUT2D eigenvalue weighted by molar-refractivity contribution is 7.91. The second-order valence-corrected chi connectivity index (χ2v) is 16.1. The van der Waals surface area contributed by atoms with Gasteiger partial charge in [0.05, 0.1) is 22.8 Å². The number of hydrogen-bond donors (Lipinski definition) is 3. The highest BCUT2D eigenvalue weighted by atomic mass is 32.2. The van der Waals surface area contributed by atoms with Gasteiger partial charge in [-0.25, -0.2) is 22.8 Å². The Morgan fingerprint density at radius 3 is 2.63 bits per heavy atom. The number of aromatic nitrogens is 3. The lowest BCUT2D eigenvalue weighted by atomic mass is 10.0. The molecule has 4 aliphatic rings. The van der Waals surface area contributed by atoms with Gasteiger partial charge in [0.15, 0.2) is 5.69 Å². The fourth-order valence-electron chi connectivity index (χ4n) is 6.92. The van der Waals surface area contributed by atoms with Crippen molar-refractivity contribution >= 4 is 44.7 Å². The van der Waals surface area contributed by atoms with E-state index in [9.17, 15) is 32.0 Å². The summed E-state index contributed by atoms with van der Waals surface area (Å²) in [5.74, 6) is -3.11. The summed E-state index contributed by atoms with van der Waals surface area (Å²) < 4.78 is 53.1. The van der Waals surface area contributed by atoms with Crippen molar-refractivity contribution in [1.82, 2.24) is 35.4 Å². The van der Waals surface area contributed by atoms with Gasteiger partial charge in [-0.2, -0.15) is 0 Å². The number of carbonyl (C=O) groups excluding carboxylic acids is 4. The van der Waals surface area contributed by atoms with Crippen molar-refractivity contribution in [3.05, 3.63) is 59.4 Å². The van der Waals surface area contributed by atoms with Crippen molar-refractivity contribution in [1.29, 1.82) is 0 Å². The Labute approximate surface area is 299 Å². The smallest absolute Gasteiger partial charge is 0.274 e. The molecule has 0 radical (unpaired) electrons. The Hall–Kier alpha value is -4.93. The first kappa shape index (κ1) is 35.5. The monoisotopic (exact) mass is 737 g/mol. The molecular formula is C35H40FN7O8S. The van der Waals surface area contributed by atoms with Crippen molar-refractivity contribution in [3.63, 3.8) is 0 Å². The van der Waals surface area contributed by atoms with Gasteiger partial charge in [0.1, 0.15) is 41.0 Å². The number of aryl methyl sites for hydroxylation is 2. The summed E-state index contributed by atoms with van der Waals surface area (Å²) in [7, 11) is -3.91. The average molecular weight is 738 g/mol. The number of sulfonamides is 1. The van der Waals surface area contributed by atoms with E-state index in [0.29, 0.717) is 42.7 Å². The Morgan fingerprint density at radius 2 is 1.88 bits per heavy atom. The molecule has 276 valence electrons. The molecule has 15 nitrogen and oxygen atoms in total. The van der Waals surface area contributed by atoms with E-state index in [1.807, 2.05) is 12.2 Å². The third kappa shape index (κ3) is 7.36. The van der Waals surface area contributed by atoms with E-state index in [4.69, 9.17) is 9.26 Å². The number of carbonyl (C=O) groups is 4. The van der Waals surface area contributed by atoms with Crippen LogP contribution in [0.25, 0.3) is 11.0 Å². The number of benzene rings is 1. The molecule has 7 rings (SSSR count). The van der Waals surface area contributed by atoms with E-state index in [1.54, 1.807) is 13.8 Å². The minimum Gasteiger partial charge on any atom is -0.471 e. The highest BCUT2D eigenvalue weighted by Gasteiger charge is 2.62. The summed E-state index contributed by atoms with van der Waals surface area (Å²) in [6, 6.07) is 3.24. The van der Waals surface area contributed by atoms with E-state index in [1.165, 1.54) is 29.2 Å². The Bertz CT molecular complexity index is 2070. The van der Waals surface area contributed by atoms with Crippen molar-refractivity contribution in [3.8, 4) is 5.88 Å². The van der Waals surface area contributed by atoms with Crippen LogP contribution in [0.1, 0.15) is 79.7 Å². The third-order valence-corrected chi connectivity index (χ3v) is 11.9. The molecule has 2 saturated carbocycles.